The molecule has 4 aromatic rings. The Morgan fingerprint density at radius 1 is 1.05 bits per heavy atom. The maximum Gasteiger partial charge on any atom is 0.573 e. The summed E-state index contributed by atoms with van der Waals surface area (Å²) < 4.78 is 46.9. The van der Waals surface area contributed by atoms with Gasteiger partial charge in [0.2, 0.25) is 0 Å². The second kappa shape index (κ2) is 10.3. The summed E-state index contributed by atoms with van der Waals surface area (Å²) in [5.74, 6) is 0.259. The number of nitrogens with zero attached hydrogens (tertiary/aromatic N) is 2. The fourth-order valence-corrected chi connectivity index (χ4v) is 4.61. The van der Waals surface area contributed by atoms with Crippen molar-refractivity contribution in [3.8, 4) is 28.3 Å². The highest BCUT2D eigenvalue weighted by atomic mass is 32.1. The van der Waals surface area contributed by atoms with Gasteiger partial charge >= 0.3 is 6.36 Å². The molecule has 5 rings (SSSR count). The molecule has 194 valence electrons. The third-order valence-electron chi connectivity index (χ3n) is 6.18. The molecule has 0 spiro atoms. The summed E-state index contributed by atoms with van der Waals surface area (Å²) in [5.41, 5.74) is 11.3. The van der Waals surface area contributed by atoms with Crippen LogP contribution in [-0.4, -0.2) is 22.8 Å². The maximum absolute atomic E-state index is 12.4. The number of thiocarbonyl (C=S) groups is 1. The number of aromatic nitrogens is 1. The van der Waals surface area contributed by atoms with Gasteiger partial charge in [0.05, 0.1) is 6.21 Å². The highest BCUT2D eigenvalue weighted by Crippen LogP contribution is 2.39. The number of rotatable bonds is 5. The number of aryl methyl sites for hydroxylation is 3. The fraction of sp³-hybridized carbons (Fsp3) is 0.179. The number of fused-ring (bicyclic) bond motifs is 3. The minimum atomic E-state index is -4.74. The Hall–Kier alpha value is -4.18. The first kappa shape index (κ1) is 25.5. The van der Waals surface area contributed by atoms with E-state index in [9.17, 15) is 13.2 Å². The lowest BCUT2D eigenvalue weighted by Gasteiger charge is -2.16. The van der Waals surface area contributed by atoms with Crippen LogP contribution in [-0.2, 0) is 12.8 Å². The number of hydrogen-bond donors (Lipinski definition) is 2. The average molecular weight is 537 g/mol. The summed E-state index contributed by atoms with van der Waals surface area (Å²) in [6.45, 7) is 4.05. The summed E-state index contributed by atoms with van der Waals surface area (Å²) in [4.78, 5) is 0. The zero-order chi connectivity index (χ0) is 26.9. The van der Waals surface area contributed by atoms with Crippen molar-refractivity contribution in [3.05, 3.63) is 88.5 Å². The van der Waals surface area contributed by atoms with Crippen molar-refractivity contribution in [2.24, 2.45) is 5.10 Å². The molecule has 1 aliphatic carbocycles. The molecule has 0 saturated carbocycles. The van der Waals surface area contributed by atoms with Crippen molar-refractivity contribution < 1.29 is 22.4 Å². The van der Waals surface area contributed by atoms with Gasteiger partial charge in [0.25, 0.3) is 0 Å². The highest BCUT2D eigenvalue weighted by Gasteiger charge is 2.31. The van der Waals surface area contributed by atoms with Crippen LogP contribution in [0.2, 0.25) is 0 Å². The number of ether oxygens (including phenoxy) is 1. The van der Waals surface area contributed by atoms with Gasteiger partial charge in [-0.2, -0.15) is 5.10 Å². The summed E-state index contributed by atoms with van der Waals surface area (Å²) in [6.07, 6.45) is -1.59. The van der Waals surface area contributed by atoms with E-state index < -0.39 is 6.36 Å². The normalized spacial score (nSPS) is 12.7. The van der Waals surface area contributed by atoms with Gasteiger partial charge in [-0.15, -0.1) is 13.2 Å². The van der Waals surface area contributed by atoms with Gasteiger partial charge in [-0.05, 0) is 92.0 Å². The first-order valence-electron chi connectivity index (χ1n) is 11.8. The predicted octanol–water partition coefficient (Wildman–Crippen LogP) is 6.94. The highest BCUT2D eigenvalue weighted by molar-refractivity contribution is 7.80. The molecule has 1 aromatic heterocycles. The van der Waals surface area contributed by atoms with E-state index in [4.69, 9.17) is 16.7 Å². The molecule has 2 N–H and O–H groups in total. The smallest absolute Gasteiger partial charge is 0.406 e. The molecule has 10 heteroatoms. The SMILES string of the molecule is Cc1ccc(NC(=S)N/N=C/c2ccc3c(c2)CCc2c-3noc2-c2ccc(OC(F)(F)F)cc2)c(C)c1. The molecule has 0 atom stereocenters. The van der Waals surface area contributed by atoms with E-state index in [-0.39, 0.29) is 5.75 Å². The number of alkyl halides is 3. The molecule has 1 heterocycles. The molecule has 1 aliphatic rings. The number of halogens is 3. The summed E-state index contributed by atoms with van der Waals surface area (Å²) in [6, 6.07) is 17.6. The predicted molar refractivity (Wildman–Crippen MR) is 144 cm³/mol. The van der Waals surface area contributed by atoms with Crippen molar-refractivity contribution in [3.63, 3.8) is 0 Å². The molecule has 0 fully saturated rings. The Morgan fingerprint density at radius 3 is 2.58 bits per heavy atom. The Labute approximate surface area is 222 Å². The molecule has 3 aromatic carbocycles. The van der Waals surface area contributed by atoms with Crippen LogP contribution in [0.5, 0.6) is 5.75 Å². The number of benzene rings is 3. The molecule has 0 amide bonds. The van der Waals surface area contributed by atoms with Crippen LogP contribution in [0.15, 0.2) is 70.3 Å². The molecule has 0 unspecified atom stereocenters. The molecule has 0 aliphatic heterocycles. The number of nitrogens with one attached hydrogen (secondary N) is 2. The lowest BCUT2D eigenvalue weighted by Crippen LogP contribution is -2.24. The summed E-state index contributed by atoms with van der Waals surface area (Å²) in [5, 5.41) is 12.1. The molecular formula is C28H23F3N4O2S. The summed E-state index contributed by atoms with van der Waals surface area (Å²) >= 11 is 5.35. The Kier molecular flexibility index (Phi) is 6.90. The Balaban J connectivity index is 1.27. The molecule has 38 heavy (non-hydrogen) atoms. The number of hydrazone groups is 1. The van der Waals surface area contributed by atoms with Gasteiger partial charge in [-0.1, -0.05) is 35.0 Å². The Morgan fingerprint density at radius 2 is 1.84 bits per heavy atom. The van der Waals surface area contributed by atoms with Crippen LogP contribution in [0.1, 0.15) is 27.8 Å². The van der Waals surface area contributed by atoms with Gasteiger partial charge in [0, 0.05) is 22.4 Å². The van der Waals surface area contributed by atoms with E-state index >= 15 is 0 Å². The molecule has 6 nitrogen and oxygen atoms in total. The molecule has 0 radical (unpaired) electrons. The molecular weight excluding hydrogens is 513 g/mol. The quantitative estimate of drug-likeness (QED) is 0.164. The van der Waals surface area contributed by atoms with Crippen LogP contribution in [0.3, 0.4) is 0 Å². The van der Waals surface area contributed by atoms with Gasteiger partial charge in [-0.25, -0.2) is 0 Å². The largest absolute Gasteiger partial charge is 0.573 e. The second-order valence-electron chi connectivity index (χ2n) is 8.97. The first-order valence-corrected chi connectivity index (χ1v) is 12.2. The van der Waals surface area contributed by atoms with Crippen LogP contribution < -0.4 is 15.5 Å². The van der Waals surface area contributed by atoms with Gasteiger partial charge in [-0.3, -0.25) is 5.43 Å². The van der Waals surface area contributed by atoms with Crippen molar-refractivity contribution >= 4 is 29.2 Å². The number of anilines is 1. The summed E-state index contributed by atoms with van der Waals surface area (Å²) in [7, 11) is 0. The number of hydrogen-bond acceptors (Lipinski definition) is 5. The van der Waals surface area contributed by atoms with Crippen LogP contribution in [0, 0.1) is 13.8 Å². The van der Waals surface area contributed by atoms with Crippen molar-refractivity contribution in [2.75, 3.05) is 5.32 Å². The monoisotopic (exact) mass is 536 g/mol. The standard InChI is InChI=1S/C28H23F3N4O2S/c1-16-3-12-24(17(2)13-16)33-27(38)34-32-15-18-4-10-22-20(14-18)7-11-23-25(22)35-37-26(23)19-5-8-21(9-6-19)36-28(29,30)31/h3-6,8-10,12-15H,7,11H2,1-2H3,(H2,33,34,38)/b32-15+. The Bertz CT molecular complexity index is 1530. The molecule has 0 bridgehead atoms. The van der Waals surface area contributed by atoms with Gasteiger partial charge < -0.3 is 14.6 Å². The van der Waals surface area contributed by atoms with Crippen LogP contribution in [0.25, 0.3) is 22.6 Å². The van der Waals surface area contributed by atoms with E-state index in [1.54, 1.807) is 6.21 Å². The van der Waals surface area contributed by atoms with E-state index in [0.717, 1.165) is 45.6 Å². The third-order valence-corrected chi connectivity index (χ3v) is 6.37. The lowest BCUT2D eigenvalue weighted by atomic mass is 9.87. The second-order valence-corrected chi connectivity index (χ2v) is 9.38. The first-order chi connectivity index (χ1) is 18.2. The topological polar surface area (TPSA) is 71.7 Å². The van der Waals surface area contributed by atoms with Crippen molar-refractivity contribution in [1.29, 1.82) is 0 Å². The van der Waals surface area contributed by atoms with Crippen molar-refractivity contribution in [1.82, 2.24) is 10.6 Å². The van der Waals surface area contributed by atoms with E-state index in [0.29, 0.717) is 22.9 Å². The van der Waals surface area contributed by atoms with E-state index in [1.165, 1.54) is 29.8 Å². The van der Waals surface area contributed by atoms with E-state index in [2.05, 4.69) is 31.8 Å². The van der Waals surface area contributed by atoms with Gasteiger partial charge in [0.1, 0.15) is 11.4 Å². The van der Waals surface area contributed by atoms with Crippen LogP contribution in [0.4, 0.5) is 18.9 Å². The lowest BCUT2D eigenvalue weighted by molar-refractivity contribution is -0.274. The zero-order valence-corrected chi connectivity index (χ0v) is 21.3. The minimum absolute atomic E-state index is 0.287. The average Bonchev–Trinajstić information content (AvgIpc) is 3.30. The van der Waals surface area contributed by atoms with E-state index in [1.807, 2.05) is 44.2 Å². The zero-order valence-electron chi connectivity index (χ0n) is 20.5. The van der Waals surface area contributed by atoms with Gasteiger partial charge in [0.15, 0.2) is 10.9 Å². The third kappa shape index (κ3) is 5.70. The van der Waals surface area contributed by atoms with Crippen molar-refractivity contribution in [2.45, 2.75) is 33.1 Å². The fourth-order valence-electron chi connectivity index (χ4n) is 4.45. The maximum atomic E-state index is 12.4. The minimum Gasteiger partial charge on any atom is -0.406 e. The van der Waals surface area contributed by atoms with Crippen LogP contribution >= 0.6 is 12.2 Å². The molecule has 0 saturated heterocycles.